The van der Waals surface area contributed by atoms with Crippen LogP contribution in [0.25, 0.3) is 0 Å². The Balaban J connectivity index is 1.97. The van der Waals surface area contributed by atoms with Crippen LogP contribution in [0, 0.1) is 12.7 Å². The summed E-state index contributed by atoms with van der Waals surface area (Å²) in [6.45, 7) is 5.12. The van der Waals surface area contributed by atoms with Crippen molar-refractivity contribution in [1.82, 2.24) is 0 Å². The van der Waals surface area contributed by atoms with Crippen molar-refractivity contribution < 1.29 is 14.2 Å². The Labute approximate surface area is 113 Å². The fourth-order valence-corrected chi connectivity index (χ4v) is 3.10. The number of hydrogen-bond donors (Lipinski definition) is 1. The van der Waals surface area contributed by atoms with E-state index in [2.05, 4.69) is 4.90 Å². The minimum Gasteiger partial charge on any atom is -0.389 e. The minimum absolute atomic E-state index is 0.254. The largest absolute Gasteiger partial charge is 0.389 e. The molecule has 0 saturated carbocycles. The lowest BCUT2D eigenvalue weighted by molar-refractivity contribution is 0.0302. The zero-order valence-corrected chi connectivity index (χ0v) is 11.4. The quantitative estimate of drug-likeness (QED) is 0.892. The molecule has 3 nitrogen and oxygen atoms in total. The Morgan fingerprint density at radius 2 is 1.95 bits per heavy atom. The van der Waals surface area contributed by atoms with Gasteiger partial charge in [0, 0.05) is 24.3 Å². The number of hydrogen-bond acceptors (Lipinski definition) is 3. The van der Waals surface area contributed by atoms with Crippen molar-refractivity contribution in [3.63, 3.8) is 0 Å². The molecule has 2 aliphatic rings. The first-order chi connectivity index (χ1) is 9.04. The van der Waals surface area contributed by atoms with Crippen molar-refractivity contribution in [3.8, 4) is 0 Å². The van der Waals surface area contributed by atoms with E-state index in [0.29, 0.717) is 11.1 Å². The second kappa shape index (κ2) is 4.76. The number of morpholine rings is 1. The van der Waals surface area contributed by atoms with Crippen molar-refractivity contribution in [1.29, 1.82) is 0 Å². The Hall–Kier alpha value is -1.13. The number of fused-ring (bicyclic) bond motifs is 2. The van der Waals surface area contributed by atoms with Crippen LogP contribution in [0.15, 0.2) is 12.1 Å². The molecule has 0 amide bonds. The van der Waals surface area contributed by atoms with E-state index in [1.165, 1.54) is 6.07 Å². The minimum atomic E-state index is -0.661. The van der Waals surface area contributed by atoms with E-state index in [4.69, 9.17) is 4.74 Å². The molecule has 0 aliphatic carbocycles. The second-order valence-corrected chi connectivity index (χ2v) is 5.70. The number of anilines is 1. The molecule has 19 heavy (non-hydrogen) atoms. The highest BCUT2D eigenvalue weighted by Gasteiger charge is 2.34. The smallest absolute Gasteiger partial charge is 0.126 e. The van der Waals surface area contributed by atoms with Crippen molar-refractivity contribution in [2.45, 2.75) is 45.0 Å². The van der Waals surface area contributed by atoms with Crippen molar-refractivity contribution >= 4 is 5.69 Å². The van der Waals surface area contributed by atoms with Gasteiger partial charge in [-0.3, -0.25) is 0 Å². The van der Waals surface area contributed by atoms with Crippen LogP contribution in [0.4, 0.5) is 10.1 Å². The molecule has 2 heterocycles. The molecular formula is C15H20FNO2. The van der Waals surface area contributed by atoms with Gasteiger partial charge in [0.1, 0.15) is 5.82 Å². The monoisotopic (exact) mass is 265 g/mol. The summed E-state index contributed by atoms with van der Waals surface area (Å²) in [6, 6.07) is 3.31. The summed E-state index contributed by atoms with van der Waals surface area (Å²) in [6.07, 6.45) is 2.11. The molecule has 2 bridgehead atoms. The lowest BCUT2D eigenvalue weighted by Crippen LogP contribution is -2.43. The van der Waals surface area contributed by atoms with E-state index >= 15 is 0 Å². The van der Waals surface area contributed by atoms with E-state index in [0.717, 1.165) is 31.6 Å². The number of aryl methyl sites for hydroxylation is 1. The molecular weight excluding hydrogens is 245 g/mol. The summed E-state index contributed by atoms with van der Waals surface area (Å²) >= 11 is 0. The first kappa shape index (κ1) is 12.9. The van der Waals surface area contributed by atoms with E-state index < -0.39 is 6.10 Å². The number of aliphatic hydroxyl groups is 1. The van der Waals surface area contributed by atoms with Gasteiger partial charge in [-0.15, -0.1) is 0 Å². The predicted octanol–water partition coefficient (Wildman–Crippen LogP) is 2.56. The van der Waals surface area contributed by atoms with Gasteiger partial charge in [0.05, 0.1) is 18.3 Å². The number of aliphatic hydroxyl groups excluding tert-OH is 1. The van der Waals surface area contributed by atoms with Gasteiger partial charge in [0.25, 0.3) is 0 Å². The third-order valence-corrected chi connectivity index (χ3v) is 4.14. The highest BCUT2D eigenvalue weighted by Crippen LogP contribution is 2.34. The number of ether oxygens (including phenoxy) is 1. The van der Waals surface area contributed by atoms with Gasteiger partial charge in [0.15, 0.2) is 0 Å². The normalized spacial score (nSPS) is 27.7. The van der Waals surface area contributed by atoms with E-state index in [1.807, 2.05) is 6.07 Å². The topological polar surface area (TPSA) is 32.7 Å². The molecule has 2 aliphatic heterocycles. The summed E-state index contributed by atoms with van der Waals surface area (Å²) in [5, 5.41) is 9.87. The molecule has 1 N–H and O–H groups in total. The summed E-state index contributed by atoms with van der Waals surface area (Å²) in [7, 11) is 0. The standard InChI is InChI=1S/C15H20FNO2/c1-9-5-15(13(10(2)18)6-14(9)16)17-7-11-3-4-12(8-17)19-11/h5-6,10-12,18H,3-4,7-8H2,1-2H3/t10-,11?,12?/m1/s1. The van der Waals surface area contributed by atoms with Crippen LogP contribution >= 0.6 is 0 Å². The van der Waals surface area contributed by atoms with Gasteiger partial charge in [-0.25, -0.2) is 4.39 Å². The van der Waals surface area contributed by atoms with Gasteiger partial charge in [0.2, 0.25) is 0 Å². The lowest BCUT2D eigenvalue weighted by atomic mass is 10.0. The van der Waals surface area contributed by atoms with Crippen LogP contribution < -0.4 is 4.90 Å². The highest BCUT2D eigenvalue weighted by atomic mass is 19.1. The first-order valence-electron chi connectivity index (χ1n) is 6.93. The van der Waals surface area contributed by atoms with E-state index in [1.54, 1.807) is 13.8 Å². The van der Waals surface area contributed by atoms with Crippen LogP contribution in [0.5, 0.6) is 0 Å². The summed E-state index contributed by atoms with van der Waals surface area (Å²) in [5.41, 5.74) is 2.25. The molecule has 3 atom stereocenters. The van der Waals surface area contributed by atoms with Crippen LogP contribution in [-0.2, 0) is 4.74 Å². The Morgan fingerprint density at radius 3 is 2.53 bits per heavy atom. The SMILES string of the molecule is Cc1cc(N2CC3CCC(C2)O3)c([C@@H](C)O)cc1F. The van der Waals surface area contributed by atoms with Crippen molar-refractivity contribution in [3.05, 3.63) is 29.1 Å². The maximum absolute atomic E-state index is 13.7. The van der Waals surface area contributed by atoms with Gasteiger partial charge < -0.3 is 14.7 Å². The molecule has 4 heteroatoms. The summed E-state index contributed by atoms with van der Waals surface area (Å²) in [4.78, 5) is 2.24. The second-order valence-electron chi connectivity index (χ2n) is 5.70. The summed E-state index contributed by atoms with van der Waals surface area (Å²) < 4.78 is 19.5. The maximum Gasteiger partial charge on any atom is 0.126 e. The summed E-state index contributed by atoms with van der Waals surface area (Å²) in [5.74, 6) is -0.254. The molecule has 2 fully saturated rings. The van der Waals surface area contributed by atoms with Crippen LogP contribution in [0.1, 0.15) is 37.0 Å². The average molecular weight is 265 g/mol. The number of benzene rings is 1. The molecule has 2 saturated heterocycles. The molecule has 0 spiro atoms. The highest BCUT2D eigenvalue weighted by molar-refractivity contribution is 5.57. The molecule has 0 aromatic heterocycles. The Morgan fingerprint density at radius 1 is 1.32 bits per heavy atom. The predicted molar refractivity (Wildman–Crippen MR) is 71.9 cm³/mol. The first-order valence-corrected chi connectivity index (χ1v) is 6.93. The Bertz CT molecular complexity index is 477. The van der Waals surface area contributed by atoms with E-state index in [-0.39, 0.29) is 18.0 Å². The van der Waals surface area contributed by atoms with Gasteiger partial charge in [-0.2, -0.15) is 0 Å². The van der Waals surface area contributed by atoms with Crippen LogP contribution in [0.3, 0.4) is 0 Å². The molecule has 1 aromatic carbocycles. The molecule has 3 rings (SSSR count). The molecule has 104 valence electrons. The van der Waals surface area contributed by atoms with Crippen molar-refractivity contribution in [2.24, 2.45) is 0 Å². The van der Waals surface area contributed by atoms with Gasteiger partial charge in [-0.1, -0.05) is 0 Å². The Kier molecular flexibility index (Phi) is 3.23. The van der Waals surface area contributed by atoms with Crippen molar-refractivity contribution in [2.75, 3.05) is 18.0 Å². The zero-order valence-electron chi connectivity index (χ0n) is 11.4. The average Bonchev–Trinajstić information content (AvgIpc) is 2.71. The molecule has 2 unspecified atom stereocenters. The zero-order chi connectivity index (χ0) is 13.6. The van der Waals surface area contributed by atoms with E-state index in [9.17, 15) is 9.50 Å². The lowest BCUT2D eigenvalue weighted by Gasteiger charge is -2.35. The third kappa shape index (κ3) is 2.35. The molecule has 1 aromatic rings. The number of halogens is 1. The van der Waals surface area contributed by atoms with Crippen LogP contribution in [-0.4, -0.2) is 30.4 Å². The van der Waals surface area contributed by atoms with Gasteiger partial charge in [-0.05, 0) is 44.4 Å². The third-order valence-electron chi connectivity index (χ3n) is 4.14. The molecule has 0 radical (unpaired) electrons. The fraction of sp³-hybridized carbons (Fsp3) is 0.600. The number of rotatable bonds is 2. The fourth-order valence-electron chi connectivity index (χ4n) is 3.10. The number of nitrogens with zero attached hydrogens (tertiary/aromatic N) is 1. The van der Waals surface area contributed by atoms with Crippen LogP contribution in [0.2, 0.25) is 0 Å². The van der Waals surface area contributed by atoms with Gasteiger partial charge >= 0.3 is 0 Å². The maximum atomic E-state index is 13.7.